The van der Waals surface area contributed by atoms with Crippen LogP contribution in [0.15, 0.2) is 36.0 Å². The molecule has 5 heteroatoms. The number of amides is 1. The Balaban J connectivity index is 1.71. The van der Waals surface area contributed by atoms with E-state index in [9.17, 15) is 9.59 Å². The molecule has 0 saturated carbocycles. The molecule has 1 saturated heterocycles. The van der Waals surface area contributed by atoms with Crippen molar-refractivity contribution in [3.8, 4) is 0 Å². The highest BCUT2D eigenvalue weighted by Gasteiger charge is 2.52. The molecule has 1 aliphatic heterocycles. The van der Waals surface area contributed by atoms with Crippen molar-refractivity contribution in [2.45, 2.75) is 33.1 Å². The molecule has 1 fully saturated rings. The van der Waals surface area contributed by atoms with Crippen LogP contribution in [0.3, 0.4) is 0 Å². The van der Waals surface area contributed by atoms with Gasteiger partial charge in [-0.25, -0.2) is 0 Å². The summed E-state index contributed by atoms with van der Waals surface area (Å²) in [5, 5.41) is 0.663. The third-order valence-electron chi connectivity index (χ3n) is 5.20. The van der Waals surface area contributed by atoms with Gasteiger partial charge in [0.15, 0.2) is 5.78 Å². The molecule has 24 heavy (non-hydrogen) atoms. The average molecular weight is 347 g/mol. The second-order valence-electron chi connectivity index (χ2n) is 7.82. The fraction of sp³-hybridized carbons (Fsp3) is 0.474. The Morgan fingerprint density at radius 3 is 2.38 bits per heavy atom. The van der Waals surface area contributed by atoms with E-state index in [4.69, 9.17) is 17.3 Å². The molecule has 128 valence electrons. The van der Waals surface area contributed by atoms with Crippen LogP contribution >= 0.6 is 11.6 Å². The first-order chi connectivity index (χ1) is 11.1. The van der Waals surface area contributed by atoms with Gasteiger partial charge in [-0.3, -0.25) is 9.59 Å². The summed E-state index contributed by atoms with van der Waals surface area (Å²) in [6, 6.07) is 7.38. The van der Waals surface area contributed by atoms with Gasteiger partial charge in [0.1, 0.15) is 0 Å². The molecule has 1 heterocycles. The zero-order chi connectivity index (χ0) is 17.7. The number of likely N-dealkylation sites (tertiary alicyclic amines) is 1. The zero-order valence-electron chi connectivity index (χ0n) is 14.3. The van der Waals surface area contributed by atoms with Crippen LogP contribution in [-0.2, 0) is 9.59 Å². The Morgan fingerprint density at radius 1 is 1.25 bits per heavy atom. The predicted molar refractivity (Wildman–Crippen MR) is 94.6 cm³/mol. The van der Waals surface area contributed by atoms with Gasteiger partial charge in [0.05, 0.1) is 11.6 Å². The topological polar surface area (TPSA) is 63.4 Å². The lowest BCUT2D eigenvalue weighted by Crippen LogP contribution is -2.61. The second-order valence-corrected chi connectivity index (χ2v) is 8.26. The maximum atomic E-state index is 12.7. The minimum absolute atomic E-state index is 0.00688. The van der Waals surface area contributed by atoms with Crippen molar-refractivity contribution >= 4 is 23.3 Å². The van der Waals surface area contributed by atoms with Crippen molar-refractivity contribution in [2.75, 3.05) is 13.1 Å². The summed E-state index contributed by atoms with van der Waals surface area (Å²) in [7, 11) is 0. The summed E-state index contributed by atoms with van der Waals surface area (Å²) in [6.45, 7) is 7.02. The molecule has 0 radical (unpaired) electrons. The standard InChI is InChI=1S/C19H23ClN2O2/c1-12(13-4-6-14(20)7-5-13)17(24)22-10-19(11-22)8-15(21)16(23)18(2,3)9-19/h4-8,12H,9-11,21H2,1-3H3. The molecule has 1 aromatic carbocycles. The number of nitrogens with two attached hydrogens (primary N) is 1. The number of Topliss-reactive ketones (excluding diaryl/α,β-unsaturated/α-hetero) is 1. The Morgan fingerprint density at radius 2 is 1.83 bits per heavy atom. The van der Waals surface area contributed by atoms with Crippen LogP contribution in [0, 0.1) is 10.8 Å². The number of allylic oxidation sites excluding steroid dienone is 1. The van der Waals surface area contributed by atoms with Crippen LogP contribution in [0.1, 0.15) is 38.7 Å². The SMILES string of the molecule is CC(C(=O)N1CC2(C=C(N)C(=O)C(C)(C)C2)C1)c1ccc(Cl)cc1. The lowest BCUT2D eigenvalue weighted by molar-refractivity contribution is -0.145. The number of carbonyl (C=O) groups excluding carboxylic acids is 2. The summed E-state index contributed by atoms with van der Waals surface area (Å²) in [5.74, 6) is -0.101. The Labute approximate surface area is 147 Å². The number of rotatable bonds is 2. The van der Waals surface area contributed by atoms with E-state index < -0.39 is 5.41 Å². The number of hydrogen-bond acceptors (Lipinski definition) is 3. The molecular weight excluding hydrogens is 324 g/mol. The first-order valence-corrected chi connectivity index (χ1v) is 8.59. The maximum Gasteiger partial charge on any atom is 0.229 e. The van der Waals surface area contributed by atoms with Crippen molar-refractivity contribution in [3.05, 3.63) is 46.6 Å². The molecule has 1 spiro atoms. The maximum absolute atomic E-state index is 12.7. The van der Waals surface area contributed by atoms with Gasteiger partial charge in [-0.05, 0) is 37.1 Å². The molecular formula is C19H23ClN2O2. The van der Waals surface area contributed by atoms with Gasteiger partial charge in [0.2, 0.25) is 5.91 Å². The minimum Gasteiger partial charge on any atom is -0.396 e. The van der Waals surface area contributed by atoms with Gasteiger partial charge in [-0.1, -0.05) is 37.6 Å². The fourth-order valence-corrected chi connectivity index (χ4v) is 4.16. The summed E-state index contributed by atoms with van der Waals surface area (Å²) in [5.41, 5.74) is 6.60. The van der Waals surface area contributed by atoms with Crippen molar-refractivity contribution < 1.29 is 9.59 Å². The minimum atomic E-state index is -0.463. The third kappa shape index (κ3) is 2.84. The van der Waals surface area contributed by atoms with E-state index in [1.807, 2.05) is 43.9 Å². The van der Waals surface area contributed by atoms with Crippen LogP contribution in [0.5, 0.6) is 0 Å². The van der Waals surface area contributed by atoms with Gasteiger partial charge in [-0.15, -0.1) is 0 Å². The van der Waals surface area contributed by atoms with Crippen LogP contribution in [0.2, 0.25) is 5.02 Å². The van der Waals surface area contributed by atoms with Crippen molar-refractivity contribution in [1.82, 2.24) is 4.90 Å². The fourth-order valence-electron chi connectivity index (χ4n) is 4.04. The lowest BCUT2D eigenvalue weighted by Gasteiger charge is -2.53. The Bertz CT molecular complexity index is 715. The molecule has 0 aromatic heterocycles. The van der Waals surface area contributed by atoms with Crippen LogP contribution in [0.25, 0.3) is 0 Å². The molecule has 1 atom stereocenters. The number of ketones is 1. The molecule has 0 bridgehead atoms. The number of benzene rings is 1. The first-order valence-electron chi connectivity index (χ1n) is 8.21. The van der Waals surface area contributed by atoms with Crippen LogP contribution in [-0.4, -0.2) is 29.7 Å². The molecule has 1 amide bonds. The van der Waals surface area contributed by atoms with E-state index in [1.54, 1.807) is 12.1 Å². The Hall–Kier alpha value is -1.81. The van der Waals surface area contributed by atoms with Crippen molar-refractivity contribution in [1.29, 1.82) is 0 Å². The summed E-state index contributed by atoms with van der Waals surface area (Å²) in [6.07, 6.45) is 2.61. The van der Waals surface area contributed by atoms with E-state index in [2.05, 4.69) is 0 Å². The molecule has 1 aliphatic carbocycles. The smallest absolute Gasteiger partial charge is 0.229 e. The molecule has 4 nitrogen and oxygen atoms in total. The highest BCUT2D eigenvalue weighted by Crippen LogP contribution is 2.47. The zero-order valence-corrected chi connectivity index (χ0v) is 15.1. The third-order valence-corrected chi connectivity index (χ3v) is 5.45. The van der Waals surface area contributed by atoms with Gasteiger partial charge >= 0.3 is 0 Å². The molecule has 1 aromatic rings. The van der Waals surface area contributed by atoms with Gasteiger partial charge < -0.3 is 10.6 Å². The second kappa shape index (κ2) is 5.62. The van der Waals surface area contributed by atoms with E-state index in [0.717, 1.165) is 12.0 Å². The van der Waals surface area contributed by atoms with E-state index in [1.165, 1.54) is 0 Å². The summed E-state index contributed by atoms with van der Waals surface area (Å²) < 4.78 is 0. The normalized spacial score (nSPS) is 22.8. The lowest BCUT2D eigenvalue weighted by atomic mass is 9.62. The highest BCUT2D eigenvalue weighted by atomic mass is 35.5. The number of hydrogen-bond donors (Lipinski definition) is 1. The Kier molecular flexibility index (Phi) is 3.99. The number of nitrogens with zero attached hydrogens (tertiary/aromatic N) is 1. The number of carbonyl (C=O) groups is 2. The van der Waals surface area contributed by atoms with E-state index in [-0.39, 0.29) is 23.0 Å². The van der Waals surface area contributed by atoms with Crippen LogP contribution < -0.4 is 5.73 Å². The van der Waals surface area contributed by atoms with Crippen molar-refractivity contribution in [3.63, 3.8) is 0 Å². The molecule has 2 N–H and O–H groups in total. The van der Waals surface area contributed by atoms with Crippen LogP contribution in [0.4, 0.5) is 0 Å². The van der Waals surface area contributed by atoms with Crippen molar-refractivity contribution in [2.24, 2.45) is 16.6 Å². The van der Waals surface area contributed by atoms with E-state index in [0.29, 0.717) is 23.8 Å². The van der Waals surface area contributed by atoms with Gasteiger partial charge in [0.25, 0.3) is 0 Å². The first kappa shape index (κ1) is 17.0. The molecule has 2 aliphatic rings. The summed E-state index contributed by atoms with van der Waals surface area (Å²) >= 11 is 5.91. The monoisotopic (exact) mass is 346 g/mol. The average Bonchev–Trinajstić information content (AvgIpc) is 2.49. The predicted octanol–water partition coefficient (Wildman–Crippen LogP) is 3.11. The largest absolute Gasteiger partial charge is 0.396 e. The number of halogens is 1. The van der Waals surface area contributed by atoms with Gasteiger partial charge in [-0.2, -0.15) is 0 Å². The van der Waals surface area contributed by atoms with E-state index >= 15 is 0 Å². The molecule has 3 rings (SSSR count). The summed E-state index contributed by atoms with van der Waals surface area (Å²) in [4.78, 5) is 26.7. The quantitative estimate of drug-likeness (QED) is 0.894. The molecule has 1 unspecified atom stereocenters. The van der Waals surface area contributed by atoms with Gasteiger partial charge in [0, 0.05) is 28.9 Å². The highest BCUT2D eigenvalue weighted by molar-refractivity contribution is 6.30.